The van der Waals surface area contributed by atoms with Crippen molar-refractivity contribution < 1.29 is 9.90 Å². The molecule has 1 aromatic carbocycles. The predicted molar refractivity (Wildman–Crippen MR) is 120 cm³/mol. The number of aliphatic hydroxyl groups excluding tert-OH is 1. The van der Waals surface area contributed by atoms with E-state index in [0.29, 0.717) is 30.6 Å². The first-order chi connectivity index (χ1) is 14.4. The minimum Gasteiger partial charge on any atom is -0.385 e. The molecule has 6 atom stereocenters. The lowest BCUT2D eigenvalue weighted by Crippen LogP contribution is -2.51. The van der Waals surface area contributed by atoms with Crippen molar-refractivity contribution in [3.8, 4) is 0 Å². The topological polar surface area (TPSA) is 42.2 Å². The molecule has 3 heteroatoms. The van der Waals surface area contributed by atoms with E-state index < -0.39 is 6.10 Å². The van der Waals surface area contributed by atoms with E-state index in [1.807, 2.05) is 0 Å². The van der Waals surface area contributed by atoms with E-state index in [1.165, 1.54) is 35.0 Å². The van der Waals surface area contributed by atoms with Gasteiger partial charge in [-0.2, -0.15) is 0 Å². The van der Waals surface area contributed by atoms with E-state index in [2.05, 4.69) is 67.1 Å². The average Bonchev–Trinajstić information content (AvgIpc) is 3.29. The highest BCUT2D eigenvalue weighted by Gasteiger charge is 2.58. The summed E-state index contributed by atoms with van der Waals surface area (Å²) in [5.74, 6) is 1.86. The molecule has 0 bridgehead atoms. The number of ketones is 1. The Morgan fingerprint density at radius 3 is 2.73 bits per heavy atom. The number of allylic oxidation sites excluding steroid dienone is 3. The fourth-order valence-corrected chi connectivity index (χ4v) is 7.73. The van der Waals surface area contributed by atoms with Crippen LogP contribution in [0.4, 0.5) is 0 Å². The quantitative estimate of drug-likeness (QED) is 0.633. The molecule has 1 aromatic heterocycles. The first-order valence-corrected chi connectivity index (χ1v) is 11.6. The third kappa shape index (κ3) is 2.33. The van der Waals surface area contributed by atoms with Crippen molar-refractivity contribution in [2.75, 3.05) is 0 Å². The van der Waals surface area contributed by atoms with Gasteiger partial charge in [0.25, 0.3) is 0 Å². The molecule has 2 fully saturated rings. The zero-order valence-electron chi connectivity index (χ0n) is 18.0. The van der Waals surface area contributed by atoms with Crippen molar-refractivity contribution in [3.05, 3.63) is 54.3 Å². The summed E-state index contributed by atoms with van der Waals surface area (Å²) in [4.78, 5) is 12.5. The molecule has 3 nitrogen and oxygen atoms in total. The number of benzene rings is 1. The number of para-hydroxylation sites is 1. The molecule has 156 valence electrons. The van der Waals surface area contributed by atoms with Crippen LogP contribution in [0.1, 0.15) is 52.4 Å². The van der Waals surface area contributed by atoms with E-state index in [9.17, 15) is 9.90 Å². The number of rotatable bonds is 1. The molecule has 4 aliphatic rings. The van der Waals surface area contributed by atoms with Gasteiger partial charge in [0.2, 0.25) is 0 Å². The second-order valence-electron chi connectivity index (χ2n) is 10.6. The van der Waals surface area contributed by atoms with E-state index in [1.54, 1.807) is 0 Å². The third-order valence-electron chi connectivity index (χ3n) is 9.35. The smallest absolute Gasteiger partial charge is 0.162 e. The van der Waals surface area contributed by atoms with Crippen LogP contribution in [-0.4, -0.2) is 21.6 Å². The monoisotopic (exact) mass is 401 g/mol. The highest BCUT2D eigenvalue weighted by atomic mass is 16.3. The molecule has 0 amide bonds. The van der Waals surface area contributed by atoms with Gasteiger partial charge in [-0.05, 0) is 66.4 Å². The highest BCUT2D eigenvalue weighted by Crippen LogP contribution is 2.65. The van der Waals surface area contributed by atoms with Gasteiger partial charge in [-0.3, -0.25) is 4.79 Å². The van der Waals surface area contributed by atoms with Crippen molar-refractivity contribution in [2.45, 2.75) is 58.5 Å². The molecule has 30 heavy (non-hydrogen) atoms. The molecule has 4 aliphatic carbocycles. The second kappa shape index (κ2) is 6.20. The lowest BCUT2D eigenvalue weighted by atomic mass is 9.47. The Bertz CT molecular complexity index is 1110. The summed E-state index contributed by atoms with van der Waals surface area (Å²) in [6.45, 7) is 4.80. The molecular weight excluding hydrogens is 370 g/mol. The van der Waals surface area contributed by atoms with E-state index >= 15 is 0 Å². The van der Waals surface area contributed by atoms with Gasteiger partial charge in [0.1, 0.15) is 6.10 Å². The summed E-state index contributed by atoms with van der Waals surface area (Å²) in [6, 6.07) is 10.9. The molecule has 0 saturated heterocycles. The van der Waals surface area contributed by atoms with Crippen molar-refractivity contribution >= 4 is 22.4 Å². The molecule has 1 N–H and O–H groups in total. The Morgan fingerprint density at radius 2 is 1.87 bits per heavy atom. The van der Waals surface area contributed by atoms with Gasteiger partial charge in [0.05, 0.1) is 5.52 Å². The number of hydrogen-bond acceptors (Lipinski definition) is 2. The van der Waals surface area contributed by atoms with Crippen LogP contribution in [0.15, 0.2) is 54.3 Å². The average molecular weight is 402 g/mol. The van der Waals surface area contributed by atoms with Gasteiger partial charge >= 0.3 is 0 Å². The van der Waals surface area contributed by atoms with Crippen LogP contribution in [0.2, 0.25) is 0 Å². The summed E-state index contributed by atoms with van der Waals surface area (Å²) < 4.78 is 2.43. The maximum absolute atomic E-state index is 12.5. The zero-order chi connectivity index (χ0) is 20.7. The van der Waals surface area contributed by atoms with Crippen LogP contribution in [-0.2, 0) is 4.79 Å². The third-order valence-corrected chi connectivity index (χ3v) is 9.35. The standard InChI is InChI=1S/C27H31NO2/c1-26-13-11-21-19(8-7-18-15-23(29)24(30)16-27(18,21)2)20(26)9-10-25(26)28-14-12-17-5-3-4-6-22(17)28/h3-7,10,12,14,19-21,23,29H,8-9,11,13,15-16H2,1-2H3/t19?,20?,21?,23-,26+,27+/m1/s1. The number of nitrogens with zero attached hydrogens (tertiary/aromatic N) is 1. The van der Waals surface area contributed by atoms with Crippen LogP contribution in [0.3, 0.4) is 0 Å². The Labute approximate surface area is 178 Å². The van der Waals surface area contributed by atoms with Crippen LogP contribution < -0.4 is 0 Å². The largest absolute Gasteiger partial charge is 0.385 e. The van der Waals surface area contributed by atoms with Gasteiger partial charge in [-0.25, -0.2) is 0 Å². The fraction of sp³-hybridized carbons (Fsp3) is 0.519. The molecule has 2 saturated carbocycles. The maximum Gasteiger partial charge on any atom is 0.162 e. The van der Waals surface area contributed by atoms with Crippen LogP contribution >= 0.6 is 0 Å². The maximum atomic E-state index is 12.5. The number of carbonyl (C=O) groups is 1. The lowest BCUT2D eigenvalue weighted by molar-refractivity contribution is -0.134. The molecule has 6 rings (SSSR count). The minimum absolute atomic E-state index is 0.0488. The van der Waals surface area contributed by atoms with Crippen molar-refractivity contribution in [2.24, 2.45) is 28.6 Å². The number of carbonyl (C=O) groups excluding carboxylic acids is 1. The van der Waals surface area contributed by atoms with Crippen molar-refractivity contribution in [1.29, 1.82) is 0 Å². The van der Waals surface area contributed by atoms with E-state index in [-0.39, 0.29) is 16.6 Å². The second-order valence-corrected chi connectivity index (χ2v) is 10.6. The summed E-state index contributed by atoms with van der Waals surface area (Å²) in [5.41, 5.74) is 4.26. The summed E-state index contributed by atoms with van der Waals surface area (Å²) >= 11 is 0. The molecule has 0 aliphatic heterocycles. The van der Waals surface area contributed by atoms with Crippen molar-refractivity contribution in [1.82, 2.24) is 4.57 Å². The number of aliphatic hydroxyl groups is 1. The number of fused-ring (bicyclic) bond motifs is 6. The Kier molecular flexibility index (Phi) is 3.85. The number of hydrogen-bond donors (Lipinski definition) is 1. The van der Waals surface area contributed by atoms with Crippen LogP contribution in [0.5, 0.6) is 0 Å². The van der Waals surface area contributed by atoms with Gasteiger partial charge < -0.3 is 9.67 Å². The summed E-state index contributed by atoms with van der Waals surface area (Å²) in [7, 11) is 0. The molecule has 2 aromatic rings. The highest BCUT2D eigenvalue weighted by molar-refractivity contribution is 5.86. The molecule has 0 spiro atoms. The summed E-state index contributed by atoms with van der Waals surface area (Å²) in [5, 5.41) is 11.4. The lowest BCUT2D eigenvalue weighted by Gasteiger charge is -2.57. The Hall–Kier alpha value is -2.13. The van der Waals surface area contributed by atoms with Gasteiger partial charge in [-0.15, -0.1) is 0 Å². The number of Topliss-reactive ketones (excluding diaryl/α,β-unsaturated/α-hetero) is 1. The summed E-state index contributed by atoms with van der Waals surface area (Å²) in [6.07, 6.45) is 12.0. The Balaban J connectivity index is 1.37. The SMILES string of the molecule is C[C@]12CC(=O)[C@H](O)CC1=CCC1C2CC[C@]2(C)C(n3ccc4ccccc43)=CCC12. The first-order valence-electron chi connectivity index (χ1n) is 11.6. The van der Waals surface area contributed by atoms with E-state index in [0.717, 1.165) is 12.8 Å². The Morgan fingerprint density at radius 1 is 1.03 bits per heavy atom. The first kappa shape index (κ1) is 18.6. The van der Waals surface area contributed by atoms with Gasteiger partial charge in [-0.1, -0.05) is 49.8 Å². The molecule has 0 radical (unpaired) electrons. The normalized spacial score (nSPS) is 40.4. The van der Waals surface area contributed by atoms with Crippen LogP contribution in [0.25, 0.3) is 16.6 Å². The molecular formula is C27H31NO2. The molecule has 1 heterocycles. The fourth-order valence-electron chi connectivity index (χ4n) is 7.73. The van der Waals surface area contributed by atoms with Crippen LogP contribution in [0, 0.1) is 28.6 Å². The zero-order valence-corrected chi connectivity index (χ0v) is 18.0. The van der Waals surface area contributed by atoms with Gasteiger partial charge in [0.15, 0.2) is 5.78 Å². The predicted octanol–water partition coefficient (Wildman–Crippen LogP) is 5.59. The minimum atomic E-state index is -0.781. The number of aromatic nitrogens is 1. The van der Waals surface area contributed by atoms with Gasteiger partial charge in [0, 0.05) is 30.2 Å². The van der Waals surface area contributed by atoms with Crippen molar-refractivity contribution in [3.63, 3.8) is 0 Å². The molecule has 3 unspecified atom stereocenters. The van der Waals surface area contributed by atoms with E-state index in [4.69, 9.17) is 0 Å².